The molecule has 1 atom stereocenters. The van der Waals surface area contributed by atoms with Crippen LogP contribution in [0.3, 0.4) is 0 Å². The molecule has 1 unspecified atom stereocenters. The molecule has 1 saturated heterocycles. The second-order valence-corrected chi connectivity index (χ2v) is 6.62. The number of hydrogen-bond acceptors (Lipinski definition) is 4. The van der Waals surface area contributed by atoms with Gasteiger partial charge in [-0.1, -0.05) is 6.92 Å². The molecule has 5 nitrogen and oxygen atoms in total. The maximum atomic E-state index is 13.0. The maximum absolute atomic E-state index is 13.0. The second kappa shape index (κ2) is 8.02. The van der Waals surface area contributed by atoms with E-state index >= 15 is 0 Å². The SMILES string of the molecule is CCN1CCCC1CN(C)C(=O)c1c(OC)ccc(Br)c1OC. The molecular weight excluding hydrogens is 360 g/mol. The highest BCUT2D eigenvalue weighted by atomic mass is 79.9. The van der Waals surface area contributed by atoms with E-state index < -0.39 is 0 Å². The van der Waals surface area contributed by atoms with Gasteiger partial charge in [-0.2, -0.15) is 0 Å². The Morgan fingerprint density at radius 1 is 1.39 bits per heavy atom. The predicted molar refractivity (Wildman–Crippen MR) is 94.5 cm³/mol. The fourth-order valence-corrected chi connectivity index (χ4v) is 3.71. The number of carbonyl (C=O) groups is 1. The fourth-order valence-electron chi connectivity index (χ4n) is 3.22. The molecule has 1 fully saturated rings. The molecule has 0 saturated carbocycles. The molecule has 1 aromatic carbocycles. The quantitative estimate of drug-likeness (QED) is 0.755. The molecule has 1 heterocycles. The molecule has 0 aromatic heterocycles. The van der Waals surface area contributed by atoms with Crippen molar-refractivity contribution in [3.05, 3.63) is 22.2 Å². The van der Waals surface area contributed by atoms with E-state index in [9.17, 15) is 4.79 Å². The monoisotopic (exact) mass is 384 g/mol. The van der Waals surface area contributed by atoms with Crippen LogP contribution in [0, 0.1) is 0 Å². The zero-order chi connectivity index (χ0) is 17.0. The normalized spacial score (nSPS) is 18.0. The van der Waals surface area contributed by atoms with Gasteiger partial charge in [0.25, 0.3) is 5.91 Å². The van der Waals surface area contributed by atoms with Gasteiger partial charge in [0.2, 0.25) is 0 Å². The number of likely N-dealkylation sites (tertiary alicyclic amines) is 1. The molecule has 128 valence electrons. The number of hydrogen-bond donors (Lipinski definition) is 0. The van der Waals surface area contributed by atoms with E-state index in [-0.39, 0.29) is 5.91 Å². The summed E-state index contributed by atoms with van der Waals surface area (Å²) in [5.41, 5.74) is 0.466. The van der Waals surface area contributed by atoms with Gasteiger partial charge >= 0.3 is 0 Å². The number of benzene rings is 1. The van der Waals surface area contributed by atoms with Crippen molar-refractivity contribution in [2.75, 3.05) is 40.9 Å². The first-order valence-electron chi connectivity index (χ1n) is 7.93. The van der Waals surface area contributed by atoms with E-state index in [1.807, 2.05) is 13.1 Å². The van der Waals surface area contributed by atoms with Crippen LogP contribution in [0.5, 0.6) is 11.5 Å². The lowest BCUT2D eigenvalue weighted by molar-refractivity contribution is 0.0747. The molecule has 0 N–H and O–H groups in total. The Morgan fingerprint density at radius 3 is 2.74 bits per heavy atom. The number of carbonyl (C=O) groups excluding carboxylic acids is 1. The Bertz CT molecular complexity index is 565. The van der Waals surface area contributed by atoms with E-state index in [4.69, 9.17) is 9.47 Å². The van der Waals surface area contributed by atoms with Gasteiger partial charge in [0.15, 0.2) is 0 Å². The summed E-state index contributed by atoms with van der Waals surface area (Å²) in [6.45, 7) is 5.02. The number of halogens is 1. The maximum Gasteiger partial charge on any atom is 0.261 e. The first kappa shape index (κ1) is 18.1. The summed E-state index contributed by atoms with van der Waals surface area (Å²) in [5.74, 6) is 0.962. The molecule has 0 radical (unpaired) electrons. The minimum atomic E-state index is -0.0806. The predicted octanol–water partition coefficient (Wildman–Crippen LogP) is 3.02. The molecule has 6 heteroatoms. The van der Waals surface area contributed by atoms with Crippen LogP contribution >= 0.6 is 15.9 Å². The van der Waals surface area contributed by atoms with Crippen LogP contribution in [0.15, 0.2) is 16.6 Å². The van der Waals surface area contributed by atoms with Gasteiger partial charge in [-0.05, 0) is 54.0 Å². The Morgan fingerprint density at radius 2 is 2.13 bits per heavy atom. The number of amides is 1. The van der Waals surface area contributed by atoms with Crippen molar-refractivity contribution in [2.24, 2.45) is 0 Å². The van der Waals surface area contributed by atoms with Crippen LogP contribution in [0.1, 0.15) is 30.1 Å². The van der Waals surface area contributed by atoms with Crippen molar-refractivity contribution in [1.29, 1.82) is 0 Å². The average molecular weight is 385 g/mol. The van der Waals surface area contributed by atoms with Crippen molar-refractivity contribution >= 4 is 21.8 Å². The van der Waals surface area contributed by atoms with Gasteiger partial charge in [-0.25, -0.2) is 0 Å². The molecule has 0 spiro atoms. The Balaban J connectivity index is 2.24. The van der Waals surface area contributed by atoms with Gasteiger partial charge < -0.3 is 14.4 Å². The van der Waals surface area contributed by atoms with E-state index in [0.717, 1.165) is 24.0 Å². The highest BCUT2D eigenvalue weighted by Crippen LogP contribution is 2.36. The van der Waals surface area contributed by atoms with E-state index in [0.29, 0.717) is 29.6 Å². The van der Waals surface area contributed by atoms with E-state index in [2.05, 4.69) is 27.8 Å². The van der Waals surface area contributed by atoms with E-state index in [1.54, 1.807) is 25.2 Å². The van der Waals surface area contributed by atoms with Crippen LogP contribution in [-0.2, 0) is 0 Å². The van der Waals surface area contributed by atoms with Crippen LogP contribution in [0.4, 0.5) is 0 Å². The minimum absolute atomic E-state index is 0.0806. The topological polar surface area (TPSA) is 42.0 Å². The Hall–Kier alpha value is -1.27. The van der Waals surface area contributed by atoms with Gasteiger partial charge in [-0.15, -0.1) is 0 Å². The van der Waals surface area contributed by atoms with Gasteiger partial charge in [-0.3, -0.25) is 9.69 Å². The second-order valence-electron chi connectivity index (χ2n) is 5.77. The lowest BCUT2D eigenvalue weighted by Crippen LogP contribution is -2.41. The summed E-state index contributed by atoms with van der Waals surface area (Å²) in [6.07, 6.45) is 2.34. The highest BCUT2D eigenvalue weighted by molar-refractivity contribution is 9.10. The summed E-state index contributed by atoms with van der Waals surface area (Å²) in [7, 11) is 4.97. The highest BCUT2D eigenvalue weighted by Gasteiger charge is 2.29. The van der Waals surface area contributed by atoms with Gasteiger partial charge in [0, 0.05) is 19.6 Å². The van der Waals surface area contributed by atoms with Gasteiger partial charge in [0.1, 0.15) is 17.1 Å². The summed E-state index contributed by atoms with van der Waals surface area (Å²) >= 11 is 3.44. The van der Waals surface area contributed by atoms with Crippen LogP contribution in [0.2, 0.25) is 0 Å². The van der Waals surface area contributed by atoms with Crippen LogP contribution < -0.4 is 9.47 Å². The third-order valence-electron chi connectivity index (χ3n) is 4.45. The summed E-state index contributed by atoms with van der Waals surface area (Å²) in [4.78, 5) is 17.2. The Kier molecular flexibility index (Phi) is 6.30. The van der Waals surface area contributed by atoms with Crippen molar-refractivity contribution in [2.45, 2.75) is 25.8 Å². The molecule has 1 amide bonds. The first-order valence-corrected chi connectivity index (χ1v) is 8.72. The average Bonchev–Trinajstić information content (AvgIpc) is 3.00. The van der Waals surface area contributed by atoms with Crippen molar-refractivity contribution < 1.29 is 14.3 Å². The standard InChI is InChI=1S/C17H25BrN2O3/c1-5-20-10-6-7-12(20)11-19(2)17(21)15-14(22-3)9-8-13(18)16(15)23-4/h8-9,12H,5-7,10-11H2,1-4H3. The van der Waals surface area contributed by atoms with Crippen molar-refractivity contribution in [3.63, 3.8) is 0 Å². The molecule has 0 bridgehead atoms. The molecule has 2 rings (SSSR count). The zero-order valence-electron chi connectivity index (χ0n) is 14.3. The molecule has 1 aliphatic heterocycles. The number of rotatable bonds is 6. The van der Waals surface area contributed by atoms with Crippen molar-refractivity contribution in [3.8, 4) is 11.5 Å². The molecule has 1 aromatic rings. The fraction of sp³-hybridized carbons (Fsp3) is 0.588. The number of methoxy groups -OCH3 is 2. The van der Waals surface area contributed by atoms with Crippen LogP contribution in [-0.4, -0.2) is 62.7 Å². The molecule has 1 aliphatic rings. The largest absolute Gasteiger partial charge is 0.496 e. The smallest absolute Gasteiger partial charge is 0.261 e. The minimum Gasteiger partial charge on any atom is -0.496 e. The van der Waals surface area contributed by atoms with Gasteiger partial charge in [0.05, 0.1) is 18.7 Å². The number of likely N-dealkylation sites (N-methyl/N-ethyl adjacent to an activating group) is 2. The summed E-state index contributed by atoms with van der Waals surface area (Å²) < 4.78 is 11.5. The zero-order valence-corrected chi connectivity index (χ0v) is 15.9. The third kappa shape index (κ3) is 3.80. The summed E-state index contributed by atoms with van der Waals surface area (Å²) in [6, 6.07) is 4.03. The molecule has 0 aliphatic carbocycles. The number of ether oxygens (including phenoxy) is 2. The first-order chi connectivity index (χ1) is 11.0. The molecular formula is C17H25BrN2O3. The van der Waals surface area contributed by atoms with Crippen molar-refractivity contribution in [1.82, 2.24) is 9.80 Å². The Labute approximate surface area is 146 Å². The summed E-state index contributed by atoms with van der Waals surface area (Å²) in [5, 5.41) is 0. The van der Waals surface area contributed by atoms with E-state index in [1.165, 1.54) is 6.42 Å². The lowest BCUT2D eigenvalue weighted by Gasteiger charge is -2.28. The number of nitrogens with zero attached hydrogens (tertiary/aromatic N) is 2. The third-order valence-corrected chi connectivity index (χ3v) is 5.07. The lowest BCUT2D eigenvalue weighted by atomic mass is 10.1. The molecule has 23 heavy (non-hydrogen) atoms. The van der Waals surface area contributed by atoms with Crippen LogP contribution in [0.25, 0.3) is 0 Å².